The summed E-state index contributed by atoms with van der Waals surface area (Å²) in [6, 6.07) is 10.3. The summed E-state index contributed by atoms with van der Waals surface area (Å²) in [7, 11) is 0. The summed E-state index contributed by atoms with van der Waals surface area (Å²) in [5.74, 6) is 0.679. The van der Waals surface area contributed by atoms with Crippen LogP contribution in [-0.4, -0.2) is 24.0 Å². The molecule has 0 radical (unpaired) electrons. The number of hydrogen-bond donors (Lipinski definition) is 1. The molecule has 0 aromatic heterocycles. The molecule has 1 aliphatic carbocycles. The first-order valence-electron chi connectivity index (χ1n) is 8.73. The van der Waals surface area contributed by atoms with E-state index in [1.54, 1.807) is 0 Å². The van der Waals surface area contributed by atoms with Gasteiger partial charge in [0.05, 0.1) is 0 Å². The van der Waals surface area contributed by atoms with Crippen LogP contribution in [0.25, 0.3) is 0 Å². The molecule has 2 rings (SSSR count). The lowest BCUT2D eigenvalue weighted by atomic mass is 9.82. The van der Waals surface area contributed by atoms with Crippen LogP contribution < -0.4 is 5.73 Å². The summed E-state index contributed by atoms with van der Waals surface area (Å²) in [6.07, 6.45) is 6.52. The van der Waals surface area contributed by atoms with Crippen molar-refractivity contribution in [3.05, 3.63) is 35.4 Å². The van der Waals surface area contributed by atoms with Crippen molar-refractivity contribution in [3.8, 4) is 0 Å². The van der Waals surface area contributed by atoms with Crippen LogP contribution in [0.2, 0.25) is 0 Å². The zero-order chi connectivity index (χ0) is 15.2. The quantitative estimate of drug-likeness (QED) is 0.846. The Balaban J connectivity index is 2.21. The predicted molar refractivity (Wildman–Crippen MR) is 91.4 cm³/mol. The van der Waals surface area contributed by atoms with Crippen LogP contribution in [0.5, 0.6) is 0 Å². The lowest BCUT2D eigenvalue weighted by Gasteiger charge is -2.43. The highest BCUT2D eigenvalue weighted by Crippen LogP contribution is 2.34. The highest BCUT2D eigenvalue weighted by molar-refractivity contribution is 5.24. The van der Waals surface area contributed by atoms with Crippen LogP contribution in [0.1, 0.15) is 63.1 Å². The third kappa shape index (κ3) is 3.87. The lowest BCUT2D eigenvalue weighted by Crippen LogP contribution is -2.46. The van der Waals surface area contributed by atoms with Crippen molar-refractivity contribution < 1.29 is 0 Å². The number of aryl methyl sites for hydroxylation is 1. The Bertz CT molecular complexity index is 412. The van der Waals surface area contributed by atoms with E-state index >= 15 is 0 Å². The Morgan fingerprint density at radius 1 is 1.14 bits per heavy atom. The van der Waals surface area contributed by atoms with Crippen molar-refractivity contribution in [1.82, 2.24) is 4.90 Å². The summed E-state index contributed by atoms with van der Waals surface area (Å²) >= 11 is 0. The van der Waals surface area contributed by atoms with E-state index in [0.29, 0.717) is 18.0 Å². The molecule has 0 bridgehead atoms. The number of hydrogen-bond acceptors (Lipinski definition) is 2. The predicted octanol–water partition coefficient (Wildman–Crippen LogP) is 4.29. The molecule has 3 atom stereocenters. The van der Waals surface area contributed by atoms with Gasteiger partial charge in [0, 0.05) is 12.1 Å². The minimum Gasteiger partial charge on any atom is -0.330 e. The SMILES string of the molecule is CCC(c1ccc(C)cc1)N(CC)C1CCCCC1CN. The van der Waals surface area contributed by atoms with Gasteiger partial charge in [0.2, 0.25) is 0 Å². The molecule has 1 aromatic rings. The summed E-state index contributed by atoms with van der Waals surface area (Å²) < 4.78 is 0. The maximum absolute atomic E-state index is 6.06. The van der Waals surface area contributed by atoms with E-state index in [0.717, 1.165) is 13.1 Å². The summed E-state index contributed by atoms with van der Waals surface area (Å²) in [4.78, 5) is 2.72. The van der Waals surface area contributed by atoms with Gasteiger partial charge in [-0.15, -0.1) is 0 Å². The van der Waals surface area contributed by atoms with E-state index in [-0.39, 0.29) is 0 Å². The smallest absolute Gasteiger partial charge is 0.0348 e. The van der Waals surface area contributed by atoms with Crippen LogP contribution in [0.15, 0.2) is 24.3 Å². The second-order valence-electron chi connectivity index (χ2n) is 6.51. The molecule has 1 aromatic carbocycles. The molecular formula is C19H32N2. The van der Waals surface area contributed by atoms with Crippen molar-refractivity contribution in [1.29, 1.82) is 0 Å². The molecular weight excluding hydrogens is 256 g/mol. The molecule has 1 fully saturated rings. The second-order valence-corrected chi connectivity index (χ2v) is 6.51. The van der Waals surface area contributed by atoms with E-state index in [1.807, 2.05) is 0 Å². The van der Waals surface area contributed by atoms with Crippen molar-refractivity contribution in [2.24, 2.45) is 11.7 Å². The largest absolute Gasteiger partial charge is 0.330 e. The van der Waals surface area contributed by atoms with E-state index in [2.05, 4.69) is 49.9 Å². The molecule has 118 valence electrons. The van der Waals surface area contributed by atoms with Gasteiger partial charge in [-0.05, 0) is 50.8 Å². The summed E-state index contributed by atoms with van der Waals surface area (Å²) in [5.41, 5.74) is 8.87. The van der Waals surface area contributed by atoms with Crippen molar-refractivity contribution in [2.45, 2.75) is 65.0 Å². The molecule has 1 aliphatic rings. The van der Waals surface area contributed by atoms with E-state index in [4.69, 9.17) is 5.73 Å². The Labute approximate surface area is 130 Å². The van der Waals surface area contributed by atoms with Gasteiger partial charge in [0.15, 0.2) is 0 Å². The average molecular weight is 288 g/mol. The number of nitrogens with zero attached hydrogens (tertiary/aromatic N) is 1. The van der Waals surface area contributed by atoms with E-state index in [9.17, 15) is 0 Å². The molecule has 0 aliphatic heterocycles. The van der Waals surface area contributed by atoms with Crippen molar-refractivity contribution >= 4 is 0 Å². The van der Waals surface area contributed by atoms with Crippen LogP contribution >= 0.6 is 0 Å². The topological polar surface area (TPSA) is 29.3 Å². The zero-order valence-electron chi connectivity index (χ0n) is 14.0. The van der Waals surface area contributed by atoms with Crippen LogP contribution in [0.4, 0.5) is 0 Å². The molecule has 2 heteroatoms. The Hall–Kier alpha value is -0.860. The molecule has 0 saturated heterocycles. The van der Waals surface area contributed by atoms with Gasteiger partial charge < -0.3 is 5.73 Å². The lowest BCUT2D eigenvalue weighted by molar-refractivity contribution is 0.0678. The van der Waals surface area contributed by atoms with Gasteiger partial charge in [-0.3, -0.25) is 4.90 Å². The third-order valence-electron chi connectivity index (χ3n) is 5.21. The van der Waals surface area contributed by atoms with E-state index < -0.39 is 0 Å². The van der Waals surface area contributed by atoms with Crippen LogP contribution in [0, 0.1) is 12.8 Å². The first-order valence-corrected chi connectivity index (χ1v) is 8.73. The molecule has 2 nitrogen and oxygen atoms in total. The Kier molecular flexibility index (Phi) is 6.25. The fourth-order valence-corrected chi connectivity index (χ4v) is 4.04. The molecule has 0 amide bonds. The molecule has 0 heterocycles. The molecule has 1 saturated carbocycles. The highest BCUT2D eigenvalue weighted by atomic mass is 15.2. The fraction of sp³-hybridized carbons (Fsp3) is 0.684. The number of nitrogens with two attached hydrogens (primary N) is 1. The van der Waals surface area contributed by atoms with Gasteiger partial charge in [-0.25, -0.2) is 0 Å². The fourth-order valence-electron chi connectivity index (χ4n) is 4.04. The van der Waals surface area contributed by atoms with Crippen molar-refractivity contribution in [2.75, 3.05) is 13.1 Å². The highest BCUT2D eigenvalue weighted by Gasteiger charge is 2.32. The third-order valence-corrected chi connectivity index (χ3v) is 5.21. The Morgan fingerprint density at radius 3 is 2.38 bits per heavy atom. The van der Waals surface area contributed by atoms with Gasteiger partial charge in [-0.2, -0.15) is 0 Å². The molecule has 0 spiro atoms. The standard InChI is InChI=1S/C19H32N2/c1-4-18(16-12-10-15(3)11-13-16)21(5-2)19-9-7-6-8-17(19)14-20/h10-13,17-19H,4-9,14,20H2,1-3H3. The normalized spacial score (nSPS) is 24.2. The minimum absolute atomic E-state index is 0.535. The van der Waals surface area contributed by atoms with Gasteiger partial charge in [0.25, 0.3) is 0 Å². The Morgan fingerprint density at radius 2 is 1.81 bits per heavy atom. The summed E-state index contributed by atoms with van der Waals surface area (Å²) in [6.45, 7) is 8.74. The minimum atomic E-state index is 0.535. The monoisotopic (exact) mass is 288 g/mol. The summed E-state index contributed by atoms with van der Waals surface area (Å²) in [5, 5.41) is 0. The first kappa shape index (κ1) is 16.5. The maximum atomic E-state index is 6.06. The van der Waals surface area contributed by atoms with Gasteiger partial charge >= 0.3 is 0 Å². The second kappa shape index (κ2) is 7.95. The van der Waals surface area contributed by atoms with Gasteiger partial charge in [0.1, 0.15) is 0 Å². The molecule has 3 unspecified atom stereocenters. The van der Waals surface area contributed by atoms with Crippen molar-refractivity contribution in [3.63, 3.8) is 0 Å². The van der Waals surface area contributed by atoms with E-state index in [1.165, 1.54) is 43.2 Å². The van der Waals surface area contributed by atoms with Crippen LogP contribution in [-0.2, 0) is 0 Å². The number of rotatable bonds is 6. The van der Waals surface area contributed by atoms with Gasteiger partial charge in [-0.1, -0.05) is 56.5 Å². The van der Waals surface area contributed by atoms with Crippen LogP contribution in [0.3, 0.4) is 0 Å². The average Bonchev–Trinajstić information content (AvgIpc) is 2.53. The molecule has 21 heavy (non-hydrogen) atoms. The molecule has 2 N–H and O–H groups in total. The first-order chi connectivity index (χ1) is 10.2. The zero-order valence-corrected chi connectivity index (χ0v) is 14.0. The maximum Gasteiger partial charge on any atom is 0.0348 e. The number of benzene rings is 1.